The van der Waals surface area contributed by atoms with E-state index in [9.17, 15) is 8.42 Å². The summed E-state index contributed by atoms with van der Waals surface area (Å²) in [6, 6.07) is 9.30. The Balaban J connectivity index is 2.39. The molecule has 26 heavy (non-hydrogen) atoms. The average Bonchev–Trinajstić information content (AvgIpc) is 2.65. The average molecular weight is 400 g/mol. The normalized spacial score (nSPS) is 12.5. The Labute approximate surface area is 159 Å². The molecule has 142 valence electrons. The number of hydrogen-bond acceptors (Lipinski definition) is 5. The van der Waals surface area contributed by atoms with Gasteiger partial charge in [-0.05, 0) is 42.3 Å². The molecule has 0 saturated heterocycles. The Bertz CT molecular complexity index is 870. The summed E-state index contributed by atoms with van der Waals surface area (Å²) in [6.07, 6.45) is 0.539. The van der Waals surface area contributed by atoms with Gasteiger partial charge in [0.25, 0.3) is 0 Å². The zero-order valence-electron chi connectivity index (χ0n) is 15.1. The van der Waals surface area contributed by atoms with Crippen LogP contribution in [-0.4, -0.2) is 29.7 Å². The van der Waals surface area contributed by atoms with E-state index in [0.29, 0.717) is 22.9 Å². The highest BCUT2D eigenvalue weighted by atomic mass is 35.5. The van der Waals surface area contributed by atoms with Crippen molar-refractivity contribution in [3.63, 3.8) is 0 Å². The van der Waals surface area contributed by atoms with E-state index in [1.807, 2.05) is 6.92 Å². The van der Waals surface area contributed by atoms with Gasteiger partial charge in [0.15, 0.2) is 11.5 Å². The van der Waals surface area contributed by atoms with Crippen molar-refractivity contribution in [2.75, 3.05) is 21.3 Å². The maximum absolute atomic E-state index is 12.9. The zero-order valence-corrected chi connectivity index (χ0v) is 16.6. The van der Waals surface area contributed by atoms with Gasteiger partial charge in [-0.2, -0.15) is 0 Å². The van der Waals surface area contributed by atoms with Crippen LogP contribution in [0.4, 0.5) is 0 Å². The second kappa shape index (κ2) is 8.62. The van der Waals surface area contributed by atoms with Gasteiger partial charge in [-0.15, -0.1) is 0 Å². The summed E-state index contributed by atoms with van der Waals surface area (Å²) in [4.78, 5) is -0.00794. The molecular formula is C18H22ClNO5S. The Morgan fingerprint density at radius 2 is 1.58 bits per heavy atom. The van der Waals surface area contributed by atoms with Crippen LogP contribution in [-0.2, 0) is 10.0 Å². The molecule has 2 rings (SSSR count). The summed E-state index contributed by atoms with van der Waals surface area (Å²) >= 11 is 5.96. The van der Waals surface area contributed by atoms with Crippen molar-refractivity contribution >= 4 is 21.6 Å². The second-order valence-electron chi connectivity index (χ2n) is 5.49. The number of nitrogens with one attached hydrogen (secondary N) is 1. The minimum absolute atomic E-state index is 0.00794. The van der Waals surface area contributed by atoms with E-state index in [1.165, 1.54) is 26.4 Å². The van der Waals surface area contributed by atoms with E-state index < -0.39 is 16.1 Å². The van der Waals surface area contributed by atoms with Gasteiger partial charge in [-0.1, -0.05) is 24.6 Å². The molecule has 0 saturated carbocycles. The topological polar surface area (TPSA) is 73.9 Å². The van der Waals surface area contributed by atoms with Crippen molar-refractivity contribution in [2.24, 2.45) is 0 Å². The molecule has 2 aromatic rings. The smallest absolute Gasteiger partial charge is 0.244 e. The molecular weight excluding hydrogens is 378 g/mol. The molecule has 0 unspecified atom stereocenters. The number of rotatable bonds is 8. The third kappa shape index (κ3) is 4.41. The maximum Gasteiger partial charge on any atom is 0.244 e. The first-order valence-corrected chi connectivity index (χ1v) is 9.80. The number of halogens is 1. The number of hydrogen-bond donors (Lipinski definition) is 1. The van der Waals surface area contributed by atoms with Crippen molar-refractivity contribution in [1.82, 2.24) is 4.72 Å². The summed E-state index contributed by atoms with van der Waals surface area (Å²) < 4.78 is 44.1. The SMILES string of the molecule is CC[C@@H](NS(=O)(=O)c1cc(Cl)ccc1OC)c1ccc(OC)c(OC)c1. The van der Waals surface area contributed by atoms with E-state index in [1.54, 1.807) is 31.4 Å². The predicted molar refractivity (Wildman–Crippen MR) is 101 cm³/mol. The summed E-state index contributed by atoms with van der Waals surface area (Å²) in [5, 5.41) is 0.311. The standard InChI is InChI=1S/C18H22ClNO5S/c1-5-14(12-6-8-15(23-2)17(10-12)25-4)20-26(21,22)18-11-13(19)7-9-16(18)24-3/h6-11,14,20H,5H2,1-4H3/t14-/m1/s1. The summed E-state index contributed by atoms with van der Waals surface area (Å²) in [5.74, 6) is 1.33. The molecule has 8 heteroatoms. The quantitative estimate of drug-likeness (QED) is 0.730. The lowest BCUT2D eigenvalue weighted by Gasteiger charge is -2.20. The number of benzene rings is 2. The van der Waals surface area contributed by atoms with Gasteiger partial charge in [0.2, 0.25) is 10.0 Å². The molecule has 0 aliphatic carbocycles. The molecule has 1 atom stereocenters. The lowest BCUT2D eigenvalue weighted by Crippen LogP contribution is -2.28. The van der Waals surface area contributed by atoms with E-state index in [2.05, 4.69) is 4.72 Å². The Kier molecular flexibility index (Phi) is 6.75. The van der Waals surface area contributed by atoms with Crippen LogP contribution in [0.2, 0.25) is 5.02 Å². The molecule has 0 spiro atoms. The van der Waals surface area contributed by atoms with E-state index in [4.69, 9.17) is 25.8 Å². The van der Waals surface area contributed by atoms with E-state index in [-0.39, 0.29) is 10.6 Å². The van der Waals surface area contributed by atoms with E-state index in [0.717, 1.165) is 5.56 Å². The van der Waals surface area contributed by atoms with Crippen LogP contribution in [0.15, 0.2) is 41.3 Å². The minimum atomic E-state index is -3.85. The molecule has 6 nitrogen and oxygen atoms in total. The Morgan fingerprint density at radius 3 is 2.15 bits per heavy atom. The fraction of sp³-hybridized carbons (Fsp3) is 0.333. The number of ether oxygens (including phenoxy) is 3. The van der Waals surface area contributed by atoms with Crippen molar-refractivity contribution in [3.05, 3.63) is 47.0 Å². The third-order valence-corrected chi connectivity index (χ3v) is 5.66. The lowest BCUT2D eigenvalue weighted by molar-refractivity contribution is 0.354. The highest BCUT2D eigenvalue weighted by Gasteiger charge is 2.24. The molecule has 0 aliphatic rings. The van der Waals surface area contributed by atoms with Crippen LogP contribution < -0.4 is 18.9 Å². The molecule has 0 radical (unpaired) electrons. The molecule has 0 fully saturated rings. The lowest BCUT2D eigenvalue weighted by atomic mass is 10.1. The monoisotopic (exact) mass is 399 g/mol. The molecule has 0 amide bonds. The first-order valence-electron chi connectivity index (χ1n) is 7.94. The van der Waals surface area contributed by atoms with Crippen molar-refractivity contribution < 1.29 is 22.6 Å². The van der Waals surface area contributed by atoms with Gasteiger partial charge in [0, 0.05) is 11.1 Å². The number of methoxy groups -OCH3 is 3. The van der Waals surface area contributed by atoms with Crippen molar-refractivity contribution in [3.8, 4) is 17.2 Å². The fourth-order valence-electron chi connectivity index (χ4n) is 2.57. The van der Waals surface area contributed by atoms with Crippen LogP contribution in [0, 0.1) is 0 Å². The third-order valence-electron chi connectivity index (χ3n) is 3.93. The predicted octanol–water partition coefficient (Wildman–Crippen LogP) is 3.80. The highest BCUT2D eigenvalue weighted by molar-refractivity contribution is 7.89. The molecule has 0 bridgehead atoms. The summed E-state index contributed by atoms with van der Waals surface area (Å²) in [5.41, 5.74) is 0.759. The first kappa shape index (κ1) is 20.4. The fourth-order valence-corrected chi connectivity index (χ4v) is 4.31. The molecule has 0 aliphatic heterocycles. The van der Waals surface area contributed by atoms with Gasteiger partial charge in [0.1, 0.15) is 10.6 Å². The van der Waals surface area contributed by atoms with Crippen molar-refractivity contribution in [1.29, 1.82) is 0 Å². The molecule has 0 aromatic heterocycles. The number of sulfonamides is 1. The van der Waals surface area contributed by atoms with Gasteiger partial charge < -0.3 is 14.2 Å². The minimum Gasteiger partial charge on any atom is -0.495 e. The van der Waals surface area contributed by atoms with Gasteiger partial charge >= 0.3 is 0 Å². The summed E-state index contributed by atoms with van der Waals surface area (Å²) in [6.45, 7) is 1.89. The highest BCUT2D eigenvalue weighted by Crippen LogP contribution is 2.33. The van der Waals surface area contributed by atoms with Crippen LogP contribution in [0.25, 0.3) is 0 Å². The van der Waals surface area contributed by atoms with Gasteiger partial charge in [0.05, 0.1) is 21.3 Å². The summed E-state index contributed by atoms with van der Waals surface area (Å²) in [7, 11) is 0.635. The second-order valence-corrected chi connectivity index (χ2v) is 7.61. The molecule has 0 heterocycles. The van der Waals surface area contributed by atoms with Crippen LogP contribution in [0.1, 0.15) is 24.9 Å². The van der Waals surface area contributed by atoms with Crippen molar-refractivity contribution in [2.45, 2.75) is 24.3 Å². The Hall–Kier alpha value is -1.96. The largest absolute Gasteiger partial charge is 0.495 e. The van der Waals surface area contributed by atoms with Gasteiger partial charge in [-0.25, -0.2) is 13.1 Å². The molecule has 1 N–H and O–H groups in total. The van der Waals surface area contributed by atoms with Gasteiger partial charge in [-0.3, -0.25) is 0 Å². The maximum atomic E-state index is 12.9. The van der Waals surface area contributed by atoms with Crippen LogP contribution in [0.3, 0.4) is 0 Å². The zero-order chi connectivity index (χ0) is 19.3. The van der Waals surface area contributed by atoms with Crippen LogP contribution >= 0.6 is 11.6 Å². The first-order chi connectivity index (χ1) is 12.4. The van der Waals surface area contributed by atoms with Crippen LogP contribution in [0.5, 0.6) is 17.2 Å². The molecule has 2 aromatic carbocycles. The Morgan fingerprint density at radius 1 is 0.962 bits per heavy atom. The van der Waals surface area contributed by atoms with E-state index >= 15 is 0 Å².